The molecule has 1 aliphatic heterocycles. The summed E-state index contributed by atoms with van der Waals surface area (Å²) < 4.78 is 28.1. The van der Waals surface area contributed by atoms with Gasteiger partial charge >= 0.3 is 5.97 Å². The molecule has 0 saturated carbocycles. The Morgan fingerprint density at radius 3 is 2.31 bits per heavy atom. The number of nitrogens with one attached hydrogen (secondary N) is 1. The molecule has 148 valence electrons. The van der Waals surface area contributed by atoms with Crippen LogP contribution < -0.4 is 9.62 Å². The Hall–Kier alpha value is -3.23. The van der Waals surface area contributed by atoms with E-state index < -0.39 is 33.9 Å². The van der Waals surface area contributed by atoms with Crippen LogP contribution in [0.5, 0.6) is 0 Å². The highest BCUT2D eigenvalue weighted by Crippen LogP contribution is 2.27. The van der Waals surface area contributed by atoms with E-state index in [1.165, 1.54) is 17.0 Å². The Labute approximate surface area is 167 Å². The Morgan fingerprint density at radius 2 is 1.62 bits per heavy atom. The number of carbonyl (C=O) groups excluding carboxylic acids is 1. The maximum Gasteiger partial charge on any atom is 0.310 e. The van der Waals surface area contributed by atoms with Crippen LogP contribution in [0.15, 0.2) is 77.7 Å². The van der Waals surface area contributed by atoms with Crippen molar-refractivity contribution in [1.29, 1.82) is 0 Å². The molecule has 0 unspecified atom stereocenters. The van der Waals surface area contributed by atoms with Crippen LogP contribution in [-0.2, 0) is 19.6 Å². The van der Waals surface area contributed by atoms with E-state index in [4.69, 9.17) is 0 Å². The average Bonchev–Trinajstić information content (AvgIpc) is 3.04. The molecule has 29 heavy (non-hydrogen) atoms. The molecule has 2 N–H and O–H groups in total. The van der Waals surface area contributed by atoms with Gasteiger partial charge in [-0.2, -0.15) is 4.72 Å². The predicted octanol–water partition coefficient (Wildman–Crippen LogP) is 2.23. The first-order valence-corrected chi connectivity index (χ1v) is 10.5. The molecule has 1 saturated heterocycles. The maximum atomic E-state index is 12.9. The molecule has 3 aromatic rings. The summed E-state index contributed by atoms with van der Waals surface area (Å²) in [7, 11) is -4.10. The van der Waals surface area contributed by atoms with Crippen LogP contribution in [-0.4, -0.2) is 38.0 Å². The molecule has 1 heterocycles. The van der Waals surface area contributed by atoms with Crippen LogP contribution in [0.2, 0.25) is 0 Å². The van der Waals surface area contributed by atoms with Crippen molar-refractivity contribution in [2.45, 2.75) is 10.9 Å². The van der Waals surface area contributed by atoms with Crippen molar-refractivity contribution in [3.63, 3.8) is 0 Å². The number of sulfonamides is 1. The minimum atomic E-state index is -4.10. The third-order valence-corrected chi connectivity index (χ3v) is 6.45. The summed E-state index contributed by atoms with van der Waals surface area (Å²) in [6.45, 7) is -0.108. The number of benzene rings is 3. The number of amides is 1. The molecule has 1 aliphatic rings. The molecular formula is C21H18N2O5S. The van der Waals surface area contributed by atoms with Gasteiger partial charge in [0.15, 0.2) is 0 Å². The minimum Gasteiger partial charge on any atom is -0.481 e. The number of nitrogens with zero attached hydrogens (tertiary/aromatic N) is 1. The SMILES string of the molecule is O=C(O)[C@H]1CN(c2ccccc2)C(=O)[C@H]1NS(=O)(=O)c1ccc2ccccc2c1. The van der Waals surface area contributed by atoms with E-state index in [-0.39, 0.29) is 11.4 Å². The molecule has 0 spiro atoms. The summed E-state index contributed by atoms with van der Waals surface area (Å²) in [5, 5.41) is 11.2. The maximum absolute atomic E-state index is 12.9. The highest BCUT2D eigenvalue weighted by Gasteiger charge is 2.47. The second kappa shape index (κ2) is 7.31. The van der Waals surface area contributed by atoms with Gasteiger partial charge in [0.25, 0.3) is 0 Å². The lowest BCUT2D eigenvalue weighted by Gasteiger charge is -2.17. The molecule has 0 aromatic heterocycles. The smallest absolute Gasteiger partial charge is 0.310 e. The molecule has 3 aromatic carbocycles. The molecule has 7 nitrogen and oxygen atoms in total. The second-order valence-corrected chi connectivity index (χ2v) is 8.55. The van der Waals surface area contributed by atoms with Gasteiger partial charge in [0, 0.05) is 12.2 Å². The number of anilines is 1. The third-order valence-electron chi connectivity index (χ3n) is 5.01. The van der Waals surface area contributed by atoms with Crippen molar-refractivity contribution >= 4 is 38.4 Å². The molecule has 0 bridgehead atoms. The number of aliphatic carboxylic acids is 1. The van der Waals surface area contributed by atoms with Gasteiger partial charge in [0.05, 0.1) is 10.8 Å². The van der Waals surface area contributed by atoms with Crippen LogP contribution in [0.3, 0.4) is 0 Å². The van der Waals surface area contributed by atoms with Gasteiger partial charge in [-0.05, 0) is 35.0 Å². The molecular weight excluding hydrogens is 392 g/mol. The zero-order valence-corrected chi connectivity index (χ0v) is 16.0. The van der Waals surface area contributed by atoms with Crippen molar-refractivity contribution < 1.29 is 23.1 Å². The van der Waals surface area contributed by atoms with Gasteiger partial charge in [-0.1, -0.05) is 48.5 Å². The number of carboxylic acids is 1. The number of rotatable bonds is 5. The van der Waals surface area contributed by atoms with E-state index in [2.05, 4.69) is 4.72 Å². The number of carbonyl (C=O) groups is 2. The van der Waals surface area contributed by atoms with E-state index in [0.29, 0.717) is 5.69 Å². The van der Waals surface area contributed by atoms with Crippen LogP contribution >= 0.6 is 0 Å². The van der Waals surface area contributed by atoms with E-state index in [1.54, 1.807) is 48.5 Å². The van der Waals surface area contributed by atoms with Crippen LogP contribution in [0.4, 0.5) is 5.69 Å². The molecule has 1 amide bonds. The molecule has 4 rings (SSSR count). The van der Waals surface area contributed by atoms with Crippen LogP contribution in [0.25, 0.3) is 10.8 Å². The third kappa shape index (κ3) is 3.59. The van der Waals surface area contributed by atoms with Gasteiger partial charge < -0.3 is 10.0 Å². The minimum absolute atomic E-state index is 0.0219. The molecule has 2 atom stereocenters. The Morgan fingerprint density at radius 1 is 0.966 bits per heavy atom. The first-order chi connectivity index (χ1) is 13.9. The fraction of sp³-hybridized carbons (Fsp3) is 0.143. The Balaban J connectivity index is 1.66. The predicted molar refractivity (Wildman–Crippen MR) is 108 cm³/mol. The zero-order chi connectivity index (χ0) is 20.6. The van der Waals surface area contributed by atoms with Crippen LogP contribution in [0, 0.1) is 5.92 Å². The second-order valence-electron chi connectivity index (χ2n) is 6.84. The number of hydrogen-bond donors (Lipinski definition) is 2. The van der Waals surface area contributed by atoms with E-state index in [0.717, 1.165) is 10.8 Å². The largest absolute Gasteiger partial charge is 0.481 e. The summed E-state index contributed by atoms with van der Waals surface area (Å²) in [4.78, 5) is 25.9. The summed E-state index contributed by atoms with van der Waals surface area (Å²) in [5.41, 5.74) is 0.524. The number of carboxylic acid groups (broad SMARTS) is 1. The van der Waals surface area contributed by atoms with Crippen molar-refractivity contribution in [2.24, 2.45) is 5.92 Å². The molecule has 1 fully saturated rings. The summed E-state index contributed by atoms with van der Waals surface area (Å²) in [5.74, 6) is -3.02. The molecule has 0 aliphatic carbocycles. The number of hydrogen-bond acceptors (Lipinski definition) is 4. The Kier molecular flexibility index (Phi) is 4.81. The van der Waals surface area contributed by atoms with Gasteiger partial charge in [-0.25, -0.2) is 8.42 Å². The van der Waals surface area contributed by atoms with Gasteiger partial charge in [0.1, 0.15) is 6.04 Å². The fourth-order valence-electron chi connectivity index (χ4n) is 3.50. The van der Waals surface area contributed by atoms with E-state index in [9.17, 15) is 23.1 Å². The number of fused-ring (bicyclic) bond motifs is 1. The lowest BCUT2D eigenvalue weighted by atomic mass is 10.1. The van der Waals surface area contributed by atoms with Gasteiger partial charge in [0.2, 0.25) is 15.9 Å². The van der Waals surface area contributed by atoms with Gasteiger partial charge in [-0.3, -0.25) is 9.59 Å². The normalized spacial score (nSPS) is 19.6. The Bertz CT molecular complexity index is 1190. The first kappa shape index (κ1) is 19.1. The highest BCUT2D eigenvalue weighted by molar-refractivity contribution is 7.89. The molecule has 0 radical (unpaired) electrons. The first-order valence-electron chi connectivity index (χ1n) is 8.97. The summed E-state index contributed by atoms with van der Waals surface area (Å²) in [6, 6.07) is 19.1. The van der Waals surface area contributed by atoms with Crippen molar-refractivity contribution in [3.8, 4) is 0 Å². The average molecular weight is 410 g/mol. The highest BCUT2D eigenvalue weighted by atomic mass is 32.2. The number of para-hydroxylation sites is 1. The summed E-state index contributed by atoms with van der Waals surface area (Å²) in [6.07, 6.45) is 0. The topological polar surface area (TPSA) is 104 Å². The quantitative estimate of drug-likeness (QED) is 0.671. The van der Waals surface area contributed by atoms with Crippen molar-refractivity contribution in [3.05, 3.63) is 72.8 Å². The van der Waals surface area contributed by atoms with Crippen molar-refractivity contribution in [2.75, 3.05) is 11.4 Å². The lowest BCUT2D eigenvalue weighted by Crippen LogP contribution is -2.45. The van der Waals surface area contributed by atoms with Gasteiger partial charge in [-0.15, -0.1) is 0 Å². The van der Waals surface area contributed by atoms with Crippen molar-refractivity contribution in [1.82, 2.24) is 4.72 Å². The molecule has 8 heteroatoms. The van der Waals surface area contributed by atoms with E-state index >= 15 is 0 Å². The van der Waals surface area contributed by atoms with Crippen LogP contribution in [0.1, 0.15) is 0 Å². The monoisotopic (exact) mass is 410 g/mol. The summed E-state index contributed by atoms with van der Waals surface area (Å²) >= 11 is 0. The fourth-order valence-corrected chi connectivity index (χ4v) is 4.76. The lowest BCUT2D eigenvalue weighted by molar-refractivity contribution is -0.142. The zero-order valence-electron chi connectivity index (χ0n) is 15.2. The van der Waals surface area contributed by atoms with E-state index in [1.807, 2.05) is 12.1 Å². The standard InChI is InChI=1S/C21H18N2O5S/c24-20-19(18(21(25)26)13-23(20)16-8-2-1-3-9-16)22-29(27,28)17-11-10-14-6-4-5-7-15(14)12-17/h1-12,18-19,22H,13H2,(H,25,26)/t18-,19-/m0/s1.